The molecule has 1 aromatic carbocycles. The summed E-state index contributed by atoms with van der Waals surface area (Å²) in [5, 5.41) is 0. The van der Waals surface area contributed by atoms with Gasteiger partial charge in [0, 0.05) is 6.54 Å². The molecular weight excluding hydrogens is 226 g/mol. The lowest BCUT2D eigenvalue weighted by Gasteiger charge is -2.34. The van der Waals surface area contributed by atoms with Gasteiger partial charge in [-0.1, -0.05) is 25.1 Å². The van der Waals surface area contributed by atoms with E-state index in [2.05, 4.69) is 13.0 Å². The Morgan fingerprint density at radius 1 is 1.33 bits per heavy atom. The second kappa shape index (κ2) is 4.63. The number of rotatable bonds is 0. The van der Waals surface area contributed by atoms with Crippen LogP contribution in [0.5, 0.6) is 0 Å². The van der Waals surface area contributed by atoms with Gasteiger partial charge in [0.2, 0.25) is 0 Å². The molecule has 0 spiro atoms. The van der Waals surface area contributed by atoms with Crippen molar-refractivity contribution in [1.29, 1.82) is 0 Å². The van der Waals surface area contributed by atoms with E-state index in [0.29, 0.717) is 5.92 Å². The van der Waals surface area contributed by atoms with Gasteiger partial charge in [-0.05, 0) is 44.7 Å². The van der Waals surface area contributed by atoms with Crippen molar-refractivity contribution in [3.05, 3.63) is 29.8 Å². The molecule has 98 valence electrons. The number of hydrogen-bond donors (Lipinski definition) is 0. The molecule has 3 nitrogen and oxygen atoms in total. The standard InChI is InChI=1S/C15H21NO2/c1-11-9-10-16(14(17)18-15(2,3)4)13-8-6-5-7-12(11)13/h5-8,11H,9-10H2,1-4H3/t11-/m0/s1. The van der Waals surface area contributed by atoms with Crippen LogP contribution in [0.1, 0.15) is 45.6 Å². The second-order valence-corrected chi connectivity index (χ2v) is 5.88. The number of anilines is 1. The first-order valence-electron chi connectivity index (χ1n) is 6.48. The summed E-state index contributed by atoms with van der Waals surface area (Å²) in [6, 6.07) is 8.08. The number of amides is 1. The Bertz CT molecular complexity index is 448. The van der Waals surface area contributed by atoms with Crippen LogP contribution in [0.15, 0.2) is 24.3 Å². The Morgan fingerprint density at radius 3 is 2.67 bits per heavy atom. The molecule has 0 bridgehead atoms. The minimum atomic E-state index is -0.449. The van der Waals surface area contributed by atoms with Crippen molar-refractivity contribution in [2.45, 2.75) is 45.6 Å². The zero-order valence-corrected chi connectivity index (χ0v) is 11.6. The highest BCUT2D eigenvalue weighted by molar-refractivity contribution is 5.89. The zero-order chi connectivity index (χ0) is 13.3. The molecule has 0 aromatic heterocycles. The summed E-state index contributed by atoms with van der Waals surface area (Å²) in [4.78, 5) is 13.9. The van der Waals surface area contributed by atoms with Gasteiger partial charge in [-0.25, -0.2) is 4.79 Å². The molecular formula is C15H21NO2. The van der Waals surface area contributed by atoms with Crippen molar-refractivity contribution in [2.24, 2.45) is 0 Å². The number of carbonyl (C=O) groups is 1. The van der Waals surface area contributed by atoms with E-state index in [9.17, 15) is 4.79 Å². The number of para-hydroxylation sites is 1. The molecule has 1 aliphatic rings. The molecule has 0 unspecified atom stereocenters. The van der Waals surface area contributed by atoms with Crippen LogP contribution in [-0.4, -0.2) is 18.2 Å². The Hall–Kier alpha value is -1.51. The second-order valence-electron chi connectivity index (χ2n) is 5.88. The average Bonchev–Trinajstić information content (AvgIpc) is 2.27. The lowest BCUT2D eigenvalue weighted by Crippen LogP contribution is -2.40. The van der Waals surface area contributed by atoms with E-state index in [0.717, 1.165) is 18.7 Å². The lowest BCUT2D eigenvalue weighted by atomic mass is 9.92. The van der Waals surface area contributed by atoms with Crippen LogP contribution >= 0.6 is 0 Å². The molecule has 2 rings (SSSR count). The van der Waals surface area contributed by atoms with Crippen LogP contribution in [0.3, 0.4) is 0 Å². The fraction of sp³-hybridized carbons (Fsp3) is 0.533. The molecule has 1 amide bonds. The average molecular weight is 247 g/mol. The van der Waals surface area contributed by atoms with Crippen LogP contribution in [0.4, 0.5) is 10.5 Å². The first-order valence-corrected chi connectivity index (χ1v) is 6.48. The largest absolute Gasteiger partial charge is 0.443 e. The van der Waals surface area contributed by atoms with Crippen LogP contribution in [0, 0.1) is 0 Å². The number of ether oxygens (including phenoxy) is 1. The maximum atomic E-state index is 12.2. The SMILES string of the molecule is C[C@H]1CCN(C(=O)OC(C)(C)C)c2ccccc21. The van der Waals surface area contributed by atoms with Gasteiger partial charge in [0.1, 0.15) is 5.60 Å². The molecule has 0 saturated carbocycles. The summed E-state index contributed by atoms with van der Waals surface area (Å²) >= 11 is 0. The van der Waals surface area contributed by atoms with Crippen LogP contribution in [0.25, 0.3) is 0 Å². The molecule has 0 fully saturated rings. The number of benzene rings is 1. The van der Waals surface area contributed by atoms with Crippen LogP contribution < -0.4 is 4.90 Å². The summed E-state index contributed by atoms with van der Waals surface area (Å²) in [6.07, 6.45) is 0.734. The summed E-state index contributed by atoms with van der Waals surface area (Å²) < 4.78 is 5.46. The fourth-order valence-corrected chi connectivity index (χ4v) is 2.26. The van der Waals surface area contributed by atoms with Crippen LogP contribution in [-0.2, 0) is 4.74 Å². The Labute approximate surface area is 109 Å². The van der Waals surface area contributed by atoms with Crippen molar-refractivity contribution in [1.82, 2.24) is 0 Å². The summed E-state index contributed by atoms with van der Waals surface area (Å²) in [6.45, 7) is 8.61. The van der Waals surface area contributed by atoms with Gasteiger partial charge < -0.3 is 4.74 Å². The van der Waals surface area contributed by atoms with Gasteiger partial charge in [0.05, 0.1) is 5.69 Å². The molecule has 3 heteroatoms. The molecule has 1 atom stereocenters. The maximum Gasteiger partial charge on any atom is 0.414 e. The highest BCUT2D eigenvalue weighted by Crippen LogP contribution is 2.35. The maximum absolute atomic E-state index is 12.2. The fourth-order valence-electron chi connectivity index (χ4n) is 2.26. The predicted molar refractivity (Wildman–Crippen MR) is 73.1 cm³/mol. The molecule has 0 radical (unpaired) electrons. The Balaban J connectivity index is 2.26. The predicted octanol–water partition coefficient (Wildman–Crippen LogP) is 3.94. The smallest absolute Gasteiger partial charge is 0.414 e. The van der Waals surface area contributed by atoms with Crippen molar-refractivity contribution < 1.29 is 9.53 Å². The van der Waals surface area contributed by atoms with Crippen molar-refractivity contribution in [3.63, 3.8) is 0 Å². The minimum Gasteiger partial charge on any atom is -0.443 e. The van der Waals surface area contributed by atoms with Crippen LogP contribution in [0.2, 0.25) is 0 Å². The quantitative estimate of drug-likeness (QED) is 0.695. The summed E-state index contributed by atoms with van der Waals surface area (Å²) in [5.41, 5.74) is 1.77. The minimum absolute atomic E-state index is 0.248. The van der Waals surface area contributed by atoms with E-state index in [4.69, 9.17) is 4.74 Å². The zero-order valence-electron chi connectivity index (χ0n) is 11.6. The highest BCUT2D eigenvalue weighted by Gasteiger charge is 2.29. The Morgan fingerprint density at radius 2 is 2.00 bits per heavy atom. The molecule has 1 aliphatic heterocycles. The van der Waals surface area contributed by atoms with Gasteiger partial charge in [-0.2, -0.15) is 0 Å². The van der Waals surface area contributed by atoms with Gasteiger partial charge >= 0.3 is 6.09 Å². The highest BCUT2D eigenvalue weighted by atomic mass is 16.6. The number of hydrogen-bond acceptors (Lipinski definition) is 2. The van der Waals surface area contributed by atoms with E-state index in [1.54, 1.807) is 4.90 Å². The number of nitrogens with zero attached hydrogens (tertiary/aromatic N) is 1. The topological polar surface area (TPSA) is 29.5 Å². The molecule has 18 heavy (non-hydrogen) atoms. The van der Waals surface area contributed by atoms with Crippen molar-refractivity contribution in [3.8, 4) is 0 Å². The number of carbonyl (C=O) groups excluding carboxylic acids is 1. The molecule has 0 aliphatic carbocycles. The Kier molecular flexibility index (Phi) is 3.33. The third kappa shape index (κ3) is 2.66. The normalized spacial score (nSPS) is 19.3. The van der Waals surface area contributed by atoms with E-state index in [1.165, 1.54) is 5.56 Å². The van der Waals surface area contributed by atoms with Crippen molar-refractivity contribution >= 4 is 11.8 Å². The van der Waals surface area contributed by atoms with E-state index >= 15 is 0 Å². The lowest BCUT2D eigenvalue weighted by molar-refractivity contribution is 0.0577. The monoisotopic (exact) mass is 247 g/mol. The molecule has 1 aromatic rings. The van der Waals surface area contributed by atoms with Gasteiger partial charge in [-0.3, -0.25) is 4.90 Å². The van der Waals surface area contributed by atoms with E-state index in [-0.39, 0.29) is 6.09 Å². The van der Waals surface area contributed by atoms with E-state index < -0.39 is 5.60 Å². The first-order chi connectivity index (χ1) is 8.38. The van der Waals surface area contributed by atoms with Gasteiger partial charge in [0.25, 0.3) is 0 Å². The first kappa shape index (κ1) is 12.9. The molecule has 0 N–H and O–H groups in total. The van der Waals surface area contributed by atoms with Gasteiger partial charge in [0.15, 0.2) is 0 Å². The third-order valence-electron chi connectivity index (χ3n) is 3.16. The molecule has 0 saturated heterocycles. The summed E-state index contributed by atoms with van der Waals surface area (Å²) in [7, 11) is 0. The third-order valence-corrected chi connectivity index (χ3v) is 3.16. The summed E-state index contributed by atoms with van der Waals surface area (Å²) in [5.74, 6) is 0.500. The number of fused-ring (bicyclic) bond motifs is 1. The molecule has 1 heterocycles. The van der Waals surface area contributed by atoms with Crippen molar-refractivity contribution in [2.75, 3.05) is 11.4 Å². The van der Waals surface area contributed by atoms with Gasteiger partial charge in [-0.15, -0.1) is 0 Å². The van der Waals surface area contributed by atoms with E-state index in [1.807, 2.05) is 39.0 Å².